The molecule has 0 unspecified atom stereocenters. The Labute approximate surface area is 141 Å². The fourth-order valence-corrected chi connectivity index (χ4v) is 2.95. The third-order valence-electron chi connectivity index (χ3n) is 4.17. The number of oxime groups is 1. The Kier molecular flexibility index (Phi) is 3.42. The van der Waals surface area contributed by atoms with Crippen LogP contribution in [0.2, 0.25) is 0 Å². The molecule has 0 radical (unpaired) electrons. The van der Waals surface area contributed by atoms with Crippen LogP contribution in [-0.4, -0.2) is 29.4 Å². The van der Waals surface area contributed by atoms with Gasteiger partial charge in [0.1, 0.15) is 17.4 Å². The summed E-state index contributed by atoms with van der Waals surface area (Å²) in [5, 5.41) is 3.68. The van der Waals surface area contributed by atoms with Crippen LogP contribution in [0.25, 0.3) is 0 Å². The predicted octanol–water partition coefficient (Wildman–Crippen LogP) is 1.95. The maximum atomic E-state index is 13.1. The van der Waals surface area contributed by atoms with E-state index in [9.17, 15) is 18.8 Å². The molecule has 1 fully saturated rings. The number of carbonyl (C=O) groups is 3. The minimum atomic E-state index is -1.17. The van der Waals surface area contributed by atoms with E-state index >= 15 is 0 Å². The Hall–Kier alpha value is -3.35. The van der Waals surface area contributed by atoms with Gasteiger partial charge in [-0.05, 0) is 24.3 Å². The van der Waals surface area contributed by atoms with Gasteiger partial charge >= 0.3 is 0 Å². The molecule has 2 amide bonds. The number of hydrogen-bond donors (Lipinski definition) is 0. The van der Waals surface area contributed by atoms with Crippen molar-refractivity contribution in [2.24, 2.45) is 11.1 Å². The molecule has 2 aromatic rings. The molecule has 25 heavy (non-hydrogen) atoms. The smallest absolute Gasteiger partial charge is 0.278 e. The number of rotatable bonds is 3. The van der Waals surface area contributed by atoms with Crippen LogP contribution in [0.15, 0.2) is 59.8 Å². The van der Waals surface area contributed by atoms with Gasteiger partial charge in [-0.25, -0.2) is 9.29 Å². The fraction of sp³-hybridized carbons (Fsp3) is 0.111. The number of imide groups is 1. The SMILES string of the molecule is O=C(C1=NO[C@H]2C(=O)N(c3ccc(F)cc3)C(=O)[C@H]12)c1ccccc1. The second kappa shape index (κ2) is 5.62. The first-order valence-electron chi connectivity index (χ1n) is 7.55. The van der Waals surface area contributed by atoms with Crippen LogP contribution in [0, 0.1) is 11.7 Å². The molecule has 124 valence electrons. The van der Waals surface area contributed by atoms with Gasteiger partial charge in [0, 0.05) is 5.56 Å². The van der Waals surface area contributed by atoms with Gasteiger partial charge in [0.05, 0.1) is 5.69 Å². The molecule has 2 atom stereocenters. The van der Waals surface area contributed by atoms with Gasteiger partial charge < -0.3 is 4.84 Å². The zero-order chi connectivity index (χ0) is 17.6. The molecular formula is C18H11FN2O4. The van der Waals surface area contributed by atoms with E-state index in [-0.39, 0.29) is 11.4 Å². The number of carbonyl (C=O) groups excluding carboxylic acids is 3. The van der Waals surface area contributed by atoms with Crippen LogP contribution in [-0.2, 0) is 14.4 Å². The normalized spacial score (nSPS) is 21.8. The van der Waals surface area contributed by atoms with E-state index in [2.05, 4.69) is 5.16 Å². The first kappa shape index (κ1) is 15.2. The van der Waals surface area contributed by atoms with Gasteiger partial charge in [-0.15, -0.1) is 0 Å². The minimum absolute atomic E-state index is 0.0980. The van der Waals surface area contributed by atoms with Gasteiger partial charge in [0.15, 0.2) is 0 Å². The lowest BCUT2D eigenvalue weighted by molar-refractivity contribution is -0.126. The molecule has 7 heteroatoms. The van der Waals surface area contributed by atoms with Crippen molar-refractivity contribution in [2.75, 3.05) is 4.90 Å². The van der Waals surface area contributed by atoms with Crippen molar-refractivity contribution in [3.8, 4) is 0 Å². The first-order chi connectivity index (χ1) is 12.1. The number of hydrogen-bond acceptors (Lipinski definition) is 5. The van der Waals surface area contributed by atoms with Crippen LogP contribution in [0.3, 0.4) is 0 Å². The summed E-state index contributed by atoms with van der Waals surface area (Å²) < 4.78 is 13.1. The molecule has 6 nitrogen and oxygen atoms in total. The standard InChI is InChI=1S/C18H11FN2O4/c19-11-6-8-12(9-7-11)21-17(23)13-14(20-25-16(13)18(21)24)15(22)10-4-2-1-3-5-10/h1-9,13,16H/t13-,16-/m1/s1. The highest BCUT2D eigenvalue weighted by atomic mass is 19.1. The minimum Gasteiger partial charge on any atom is -0.381 e. The summed E-state index contributed by atoms with van der Waals surface area (Å²) >= 11 is 0. The Morgan fingerprint density at radius 2 is 1.68 bits per heavy atom. The molecule has 0 aliphatic carbocycles. The summed E-state index contributed by atoms with van der Waals surface area (Å²) in [5.41, 5.74) is 0.478. The van der Waals surface area contributed by atoms with Crippen LogP contribution in [0.4, 0.5) is 10.1 Å². The lowest BCUT2D eigenvalue weighted by Gasteiger charge is -2.15. The van der Waals surface area contributed by atoms with E-state index in [4.69, 9.17) is 4.84 Å². The molecule has 0 N–H and O–H groups in total. The van der Waals surface area contributed by atoms with Crippen LogP contribution in [0.5, 0.6) is 0 Å². The number of fused-ring (bicyclic) bond motifs is 1. The largest absolute Gasteiger partial charge is 0.381 e. The Morgan fingerprint density at radius 1 is 1.00 bits per heavy atom. The molecular weight excluding hydrogens is 327 g/mol. The van der Waals surface area contributed by atoms with Crippen LogP contribution < -0.4 is 4.90 Å². The number of nitrogens with zero attached hydrogens (tertiary/aromatic N) is 2. The monoisotopic (exact) mass is 338 g/mol. The van der Waals surface area contributed by atoms with E-state index in [0.717, 1.165) is 17.0 Å². The molecule has 0 bridgehead atoms. The van der Waals surface area contributed by atoms with Crippen molar-refractivity contribution in [2.45, 2.75) is 6.10 Å². The first-order valence-corrected chi connectivity index (χ1v) is 7.55. The van der Waals surface area contributed by atoms with E-state index < -0.39 is 35.4 Å². The van der Waals surface area contributed by atoms with Crippen molar-refractivity contribution in [1.82, 2.24) is 0 Å². The van der Waals surface area contributed by atoms with Crippen LogP contribution >= 0.6 is 0 Å². The molecule has 4 rings (SSSR count). The van der Waals surface area contributed by atoms with Crippen molar-refractivity contribution in [3.63, 3.8) is 0 Å². The molecule has 0 saturated carbocycles. The highest BCUT2D eigenvalue weighted by Gasteiger charge is 2.57. The zero-order valence-corrected chi connectivity index (χ0v) is 12.8. The second-order valence-electron chi connectivity index (χ2n) is 5.66. The van der Waals surface area contributed by atoms with Gasteiger partial charge in [0.2, 0.25) is 17.8 Å². The maximum Gasteiger partial charge on any atom is 0.278 e. The number of ketones is 1. The molecule has 2 aromatic carbocycles. The van der Waals surface area contributed by atoms with Gasteiger partial charge in [-0.3, -0.25) is 14.4 Å². The topological polar surface area (TPSA) is 76.0 Å². The van der Waals surface area contributed by atoms with Gasteiger partial charge in [0.25, 0.3) is 5.91 Å². The summed E-state index contributed by atoms with van der Waals surface area (Å²) in [6, 6.07) is 13.3. The second-order valence-corrected chi connectivity index (χ2v) is 5.66. The number of benzene rings is 2. The number of amides is 2. The molecule has 0 spiro atoms. The average molecular weight is 338 g/mol. The molecule has 2 aliphatic heterocycles. The van der Waals surface area contributed by atoms with Crippen molar-refractivity contribution >= 4 is 29.0 Å². The lowest BCUT2D eigenvalue weighted by Crippen LogP contribution is -2.34. The van der Waals surface area contributed by atoms with Crippen molar-refractivity contribution < 1.29 is 23.6 Å². The van der Waals surface area contributed by atoms with E-state index in [1.807, 2.05) is 0 Å². The molecule has 0 aromatic heterocycles. The Bertz CT molecular complexity index is 908. The summed E-state index contributed by atoms with van der Waals surface area (Å²) in [6.07, 6.45) is -1.17. The predicted molar refractivity (Wildman–Crippen MR) is 85.5 cm³/mol. The summed E-state index contributed by atoms with van der Waals surface area (Å²) in [6.45, 7) is 0. The number of anilines is 1. The van der Waals surface area contributed by atoms with Crippen molar-refractivity contribution in [1.29, 1.82) is 0 Å². The van der Waals surface area contributed by atoms with Crippen molar-refractivity contribution in [3.05, 3.63) is 66.0 Å². The third-order valence-corrected chi connectivity index (χ3v) is 4.17. The molecule has 1 saturated heterocycles. The van der Waals surface area contributed by atoms with Gasteiger partial charge in [-0.1, -0.05) is 35.5 Å². The summed E-state index contributed by atoms with van der Waals surface area (Å²) in [5.74, 6) is -3.27. The Balaban J connectivity index is 1.67. The van der Waals surface area contributed by atoms with E-state index in [1.165, 1.54) is 12.1 Å². The number of Topliss-reactive ketones (excluding diaryl/α,β-unsaturated/α-hetero) is 1. The third kappa shape index (κ3) is 2.32. The van der Waals surface area contributed by atoms with E-state index in [1.54, 1.807) is 30.3 Å². The van der Waals surface area contributed by atoms with Gasteiger partial charge in [-0.2, -0.15) is 0 Å². The quantitative estimate of drug-likeness (QED) is 0.633. The molecule has 2 heterocycles. The highest BCUT2D eigenvalue weighted by Crippen LogP contribution is 2.34. The van der Waals surface area contributed by atoms with Crippen LogP contribution in [0.1, 0.15) is 10.4 Å². The lowest BCUT2D eigenvalue weighted by atomic mass is 9.93. The molecule has 2 aliphatic rings. The highest BCUT2D eigenvalue weighted by molar-refractivity contribution is 6.52. The fourth-order valence-electron chi connectivity index (χ4n) is 2.95. The zero-order valence-electron chi connectivity index (χ0n) is 12.8. The summed E-state index contributed by atoms with van der Waals surface area (Å²) in [7, 11) is 0. The number of halogens is 1. The average Bonchev–Trinajstić information content (AvgIpc) is 3.17. The summed E-state index contributed by atoms with van der Waals surface area (Å²) in [4.78, 5) is 43.8. The van der Waals surface area contributed by atoms with E-state index in [0.29, 0.717) is 5.56 Å². The Morgan fingerprint density at radius 3 is 2.36 bits per heavy atom. The maximum absolute atomic E-state index is 13.1.